The van der Waals surface area contributed by atoms with Gasteiger partial charge in [-0.1, -0.05) is 22.6 Å². The number of nitrogens with zero attached hydrogens (tertiary/aromatic N) is 4. The topological polar surface area (TPSA) is 167 Å². The summed E-state index contributed by atoms with van der Waals surface area (Å²) >= 11 is 1.24. The van der Waals surface area contributed by atoms with E-state index in [0.29, 0.717) is 56.6 Å². The van der Waals surface area contributed by atoms with Crippen molar-refractivity contribution in [2.45, 2.75) is 13.3 Å². The molecule has 214 valence electrons. The van der Waals surface area contributed by atoms with Gasteiger partial charge in [-0.05, 0) is 24.6 Å². The summed E-state index contributed by atoms with van der Waals surface area (Å²) in [6.45, 7) is 2.30. The maximum absolute atomic E-state index is 12.7. The Balaban J connectivity index is 1.35. The molecule has 1 saturated heterocycles. The quantitative estimate of drug-likeness (QED) is 0.263. The molecule has 0 aliphatic carbocycles. The SMILES string of the molecule is COc1cc(Nc2nc(N)c(-c3nc(-c4cc(NC(=O)C5CC(=O)N(C)C5)ccc4C)no3)s2)cc(OC)c1OC. The van der Waals surface area contributed by atoms with Crippen molar-refractivity contribution in [1.29, 1.82) is 0 Å². The van der Waals surface area contributed by atoms with E-state index in [1.807, 2.05) is 13.0 Å². The van der Waals surface area contributed by atoms with Crippen LogP contribution in [0.25, 0.3) is 22.2 Å². The Morgan fingerprint density at radius 3 is 2.46 bits per heavy atom. The molecule has 13 nitrogen and oxygen atoms in total. The molecule has 0 saturated carbocycles. The molecule has 1 aliphatic rings. The molecule has 1 aliphatic heterocycles. The van der Waals surface area contributed by atoms with E-state index in [9.17, 15) is 9.59 Å². The van der Waals surface area contributed by atoms with Gasteiger partial charge in [0, 0.05) is 49.1 Å². The number of nitrogen functional groups attached to an aromatic ring is 1. The summed E-state index contributed by atoms with van der Waals surface area (Å²) in [6.07, 6.45) is 0.196. The summed E-state index contributed by atoms with van der Waals surface area (Å²) < 4.78 is 21.8. The Hall–Kier alpha value is -4.85. The van der Waals surface area contributed by atoms with Crippen LogP contribution in [0.5, 0.6) is 17.2 Å². The summed E-state index contributed by atoms with van der Waals surface area (Å²) in [5.74, 6) is 1.54. The molecule has 5 rings (SSSR count). The maximum atomic E-state index is 12.7. The molecule has 14 heteroatoms. The molecule has 3 heterocycles. The van der Waals surface area contributed by atoms with Gasteiger partial charge in [-0.2, -0.15) is 4.98 Å². The second-order valence-electron chi connectivity index (χ2n) is 9.39. The fraction of sp³-hybridized carbons (Fsp3) is 0.296. The normalized spacial score (nSPS) is 14.7. The molecular formula is C27H29N7O6S. The van der Waals surface area contributed by atoms with Gasteiger partial charge in [0.1, 0.15) is 10.7 Å². The van der Waals surface area contributed by atoms with E-state index in [4.69, 9.17) is 24.5 Å². The lowest BCUT2D eigenvalue weighted by molar-refractivity contribution is -0.127. The highest BCUT2D eigenvalue weighted by atomic mass is 32.1. The predicted octanol–water partition coefficient (Wildman–Crippen LogP) is 3.94. The van der Waals surface area contributed by atoms with Gasteiger partial charge < -0.3 is 40.0 Å². The highest BCUT2D eigenvalue weighted by Crippen LogP contribution is 2.42. The summed E-state index contributed by atoms with van der Waals surface area (Å²) in [5.41, 5.74) is 8.98. The number of anilines is 4. The molecule has 4 aromatic rings. The summed E-state index contributed by atoms with van der Waals surface area (Å²) in [5, 5.41) is 10.7. The second-order valence-corrected chi connectivity index (χ2v) is 10.4. The molecule has 0 spiro atoms. The predicted molar refractivity (Wildman–Crippen MR) is 154 cm³/mol. The van der Waals surface area contributed by atoms with Gasteiger partial charge in [-0.3, -0.25) is 9.59 Å². The van der Waals surface area contributed by atoms with E-state index >= 15 is 0 Å². The van der Waals surface area contributed by atoms with Gasteiger partial charge in [0.2, 0.25) is 23.4 Å². The molecular weight excluding hydrogens is 550 g/mol. The molecule has 41 heavy (non-hydrogen) atoms. The van der Waals surface area contributed by atoms with Crippen LogP contribution in [0.15, 0.2) is 34.9 Å². The smallest absolute Gasteiger partial charge is 0.272 e. The van der Waals surface area contributed by atoms with Crippen LogP contribution < -0.4 is 30.6 Å². The van der Waals surface area contributed by atoms with Crippen molar-refractivity contribution < 1.29 is 28.3 Å². The van der Waals surface area contributed by atoms with Crippen LogP contribution in [0.1, 0.15) is 12.0 Å². The van der Waals surface area contributed by atoms with Gasteiger partial charge >= 0.3 is 0 Å². The second kappa shape index (κ2) is 11.3. The third kappa shape index (κ3) is 5.59. The minimum Gasteiger partial charge on any atom is -0.493 e. The minimum atomic E-state index is -0.397. The number of carbonyl (C=O) groups excluding carboxylic acids is 2. The zero-order valence-electron chi connectivity index (χ0n) is 23.1. The summed E-state index contributed by atoms with van der Waals surface area (Å²) in [7, 11) is 6.30. The Bertz CT molecular complexity index is 1590. The average molecular weight is 580 g/mol. The number of aromatic nitrogens is 3. The van der Waals surface area contributed by atoms with Gasteiger partial charge in [-0.25, -0.2) is 4.98 Å². The zero-order valence-corrected chi connectivity index (χ0v) is 23.9. The summed E-state index contributed by atoms with van der Waals surface area (Å²) in [6, 6.07) is 8.92. The first kappa shape index (κ1) is 27.7. The van der Waals surface area contributed by atoms with Crippen molar-refractivity contribution in [1.82, 2.24) is 20.0 Å². The highest BCUT2D eigenvalue weighted by molar-refractivity contribution is 7.19. The van der Waals surface area contributed by atoms with Gasteiger partial charge in [-0.15, -0.1) is 0 Å². The molecule has 4 N–H and O–H groups in total. The van der Waals surface area contributed by atoms with E-state index < -0.39 is 5.92 Å². The molecule has 1 atom stereocenters. The molecule has 1 unspecified atom stereocenters. The number of hydrogen-bond acceptors (Lipinski definition) is 12. The number of thiazole rings is 1. The first-order valence-corrected chi connectivity index (χ1v) is 13.4. The number of hydrogen-bond donors (Lipinski definition) is 3. The Morgan fingerprint density at radius 2 is 1.83 bits per heavy atom. The average Bonchev–Trinajstić information content (AvgIpc) is 3.67. The van der Waals surface area contributed by atoms with E-state index in [0.717, 1.165) is 5.56 Å². The number of rotatable bonds is 9. The van der Waals surface area contributed by atoms with Crippen molar-refractivity contribution >= 4 is 45.5 Å². The summed E-state index contributed by atoms with van der Waals surface area (Å²) in [4.78, 5) is 35.5. The number of nitrogens with one attached hydrogen (secondary N) is 2. The number of amides is 2. The largest absolute Gasteiger partial charge is 0.493 e. The first-order valence-electron chi connectivity index (χ1n) is 12.5. The van der Waals surface area contributed by atoms with Crippen LogP contribution >= 0.6 is 11.3 Å². The van der Waals surface area contributed by atoms with Crippen LogP contribution in [0.2, 0.25) is 0 Å². The maximum Gasteiger partial charge on any atom is 0.272 e. The van der Waals surface area contributed by atoms with E-state index in [2.05, 4.69) is 25.8 Å². The number of ether oxygens (including phenoxy) is 3. The fourth-order valence-electron chi connectivity index (χ4n) is 4.46. The molecule has 0 bridgehead atoms. The molecule has 2 amide bonds. The molecule has 0 radical (unpaired) electrons. The lowest BCUT2D eigenvalue weighted by Gasteiger charge is -2.14. The number of aryl methyl sites for hydroxylation is 1. The van der Waals surface area contributed by atoms with E-state index in [1.165, 1.54) is 32.7 Å². The number of carbonyl (C=O) groups is 2. The van der Waals surface area contributed by atoms with Crippen LogP contribution in [0.3, 0.4) is 0 Å². The minimum absolute atomic E-state index is 0.0433. The van der Waals surface area contributed by atoms with Crippen LogP contribution in [0.4, 0.5) is 22.3 Å². The lowest BCUT2D eigenvalue weighted by Crippen LogP contribution is -2.25. The Morgan fingerprint density at radius 1 is 1.10 bits per heavy atom. The molecule has 2 aromatic carbocycles. The van der Waals surface area contributed by atoms with Gasteiger partial charge in [0.15, 0.2) is 16.6 Å². The number of benzene rings is 2. The van der Waals surface area contributed by atoms with Crippen molar-refractivity contribution in [2.24, 2.45) is 5.92 Å². The van der Waals surface area contributed by atoms with Crippen molar-refractivity contribution in [3.8, 4) is 39.4 Å². The van der Waals surface area contributed by atoms with E-state index in [1.54, 1.807) is 36.2 Å². The zero-order chi connectivity index (χ0) is 29.3. The molecule has 1 fully saturated rings. The van der Waals surface area contributed by atoms with Crippen LogP contribution in [-0.2, 0) is 9.59 Å². The lowest BCUT2D eigenvalue weighted by atomic mass is 10.1. The molecule has 2 aromatic heterocycles. The number of likely N-dealkylation sites (tertiary alicyclic amines) is 1. The third-order valence-electron chi connectivity index (χ3n) is 6.65. The van der Waals surface area contributed by atoms with Crippen molar-refractivity contribution in [3.05, 3.63) is 35.9 Å². The fourth-order valence-corrected chi connectivity index (χ4v) is 5.29. The Kier molecular flexibility index (Phi) is 7.66. The number of methoxy groups -OCH3 is 3. The van der Waals surface area contributed by atoms with Crippen molar-refractivity contribution in [3.63, 3.8) is 0 Å². The number of nitrogens with two attached hydrogens (primary N) is 1. The van der Waals surface area contributed by atoms with Crippen molar-refractivity contribution in [2.75, 3.05) is 51.3 Å². The third-order valence-corrected chi connectivity index (χ3v) is 7.62. The Labute approximate surface area is 239 Å². The van der Waals surface area contributed by atoms with Crippen LogP contribution in [-0.4, -0.2) is 66.8 Å². The first-order chi connectivity index (χ1) is 19.7. The highest BCUT2D eigenvalue weighted by Gasteiger charge is 2.32. The van der Waals surface area contributed by atoms with E-state index in [-0.39, 0.29) is 29.9 Å². The van der Waals surface area contributed by atoms with Gasteiger partial charge in [0.25, 0.3) is 5.89 Å². The van der Waals surface area contributed by atoms with Crippen LogP contribution in [0, 0.1) is 12.8 Å². The monoisotopic (exact) mass is 579 g/mol. The standard InChI is InChI=1S/C27H29N7O6S/c1-13-6-7-15(29-25(36)14-8-20(35)34(2)12-14)9-17(13)24-32-26(40-33-24)22-23(28)31-27(41-22)30-16-10-18(37-3)21(39-5)19(11-16)38-4/h6-7,9-11,14H,8,12,28H2,1-5H3,(H,29,36)(H,30,31). The van der Waals surface area contributed by atoms with Gasteiger partial charge in [0.05, 0.1) is 27.2 Å².